The quantitative estimate of drug-likeness (QED) is 0.0604. The molecule has 7 atom stereocenters. The molecule has 2 amide bonds. The molecular formula is C45H37BrN2O6. The highest BCUT2D eigenvalue weighted by Crippen LogP contribution is 2.65. The van der Waals surface area contributed by atoms with E-state index in [1.54, 1.807) is 49.4 Å². The number of amides is 2. The molecule has 2 heterocycles. The number of hydrogen-bond donors (Lipinski definition) is 0. The van der Waals surface area contributed by atoms with Crippen LogP contribution in [0.15, 0.2) is 114 Å². The highest BCUT2D eigenvalue weighted by molar-refractivity contribution is 9.10. The van der Waals surface area contributed by atoms with E-state index >= 15 is 0 Å². The zero-order chi connectivity index (χ0) is 37.2. The lowest BCUT2D eigenvalue weighted by molar-refractivity contribution is -0.124. The van der Waals surface area contributed by atoms with Gasteiger partial charge < -0.3 is 9.47 Å². The summed E-state index contributed by atoms with van der Waals surface area (Å²) in [5.41, 5.74) is 5.06. The largest absolute Gasteiger partial charge is 0.489 e. The van der Waals surface area contributed by atoms with Crippen LogP contribution in [0.4, 0.5) is 5.69 Å². The zero-order valence-electron chi connectivity index (χ0n) is 29.8. The molecule has 0 radical (unpaired) electrons. The second-order valence-electron chi connectivity index (χ2n) is 14.8. The summed E-state index contributed by atoms with van der Waals surface area (Å²) < 4.78 is 12.5. The van der Waals surface area contributed by atoms with Crippen molar-refractivity contribution in [3.8, 4) is 17.0 Å². The molecule has 10 rings (SSSR count). The Balaban J connectivity index is 0.961. The number of anilines is 1. The van der Waals surface area contributed by atoms with Crippen molar-refractivity contribution in [2.24, 2.45) is 35.5 Å². The number of halogens is 1. The topological polar surface area (TPSA) is 103 Å². The summed E-state index contributed by atoms with van der Waals surface area (Å²) in [4.78, 5) is 61.2. The Labute approximate surface area is 321 Å². The van der Waals surface area contributed by atoms with Crippen molar-refractivity contribution in [3.63, 3.8) is 0 Å². The van der Waals surface area contributed by atoms with Gasteiger partial charge in [-0.25, -0.2) is 9.78 Å². The first kappa shape index (κ1) is 34.4. The molecule has 0 N–H and O–H groups in total. The molecule has 4 aromatic carbocycles. The maximum absolute atomic E-state index is 14.0. The number of rotatable bonds is 10. The minimum absolute atomic E-state index is 0.106. The van der Waals surface area contributed by atoms with Crippen LogP contribution >= 0.6 is 15.9 Å². The SMILES string of the molecule is CCc1cc(Br)cc2c(C(=O)OC(C)C(=O)c3ccc(OCc4ccccc4)cc3)cc(-c3ccc(N4C(=O)C5C6C=CC(C7CC67)C5C4=O)cc3)nc12. The molecule has 54 heavy (non-hydrogen) atoms. The average molecular weight is 782 g/mol. The molecule has 5 aromatic rings. The van der Waals surface area contributed by atoms with E-state index in [1.807, 2.05) is 61.5 Å². The van der Waals surface area contributed by atoms with Crippen LogP contribution < -0.4 is 9.64 Å². The van der Waals surface area contributed by atoms with Crippen LogP contribution in [0.1, 0.15) is 52.1 Å². The Kier molecular flexibility index (Phi) is 8.57. The standard InChI is InChI=1S/C45H37BrN2O6/c1-3-26-19-29(46)20-36-37(45(52)54-24(2)42(49)28-11-15-31(16-12-28)53-23-25-7-5-4-6-8-25)22-38(47-41(26)36)27-9-13-30(14-10-27)48-43(50)39-32-17-18-33(35-21-34(32)35)40(39)44(48)51/h4-20,22,24,32-35,39-40H,3,21,23H2,1-2H3. The third-order valence-corrected chi connectivity index (χ3v) is 12.1. The van der Waals surface area contributed by atoms with Crippen molar-refractivity contribution in [3.05, 3.63) is 136 Å². The molecule has 3 fully saturated rings. The van der Waals surface area contributed by atoms with Gasteiger partial charge in [0.15, 0.2) is 6.10 Å². The van der Waals surface area contributed by atoms with E-state index in [0.29, 0.717) is 64.0 Å². The highest BCUT2D eigenvalue weighted by atomic mass is 79.9. The number of ketones is 1. The van der Waals surface area contributed by atoms with E-state index in [9.17, 15) is 19.2 Å². The van der Waals surface area contributed by atoms with Crippen LogP contribution in [0.3, 0.4) is 0 Å². The van der Waals surface area contributed by atoms with Gasteiger partial charge in [0.05, 0.1) is 34.3 Å². The Morgan fingerprint density at radius 3 is 2.19 bits per heavy atom. The number of aromatic nitrogens is 1. The number of carbonyl (C=O) groups excluding carboxylic acids is 4. The molecule has 7 unspecified atom stereocenters. The van der Waals surface area contributed by atoms with Crippen LogP contribution in [-0.2, 0) is 27.4 Å². The molecule has 1 aromatic heterocycles. The molecule has 5 aliphatic rings. The normalized spacial score (nSPS) is 23.9. The Hall–Kier alpha value is -5.41. The number of ether oxygens (including phenoxy) is 2. The van der Waals surface area contributed by atoms with Crippen LogP contribution in [0.25, 0.3) is 22.2 Å². The van der Waals surface area contributed by atoms with E-state index in [2.05, 4.69) is 28.1 Å². The molecule has 270 valence electrons. The van der Waals surface area contributed by atoms with Gasteiger partial charge >= 0.3 is 5.97 Å². The predicted octanol–water partition coefficient (Wildman–Crippen LogP) is 8.79. The average Bonchev–Trinajstić information content (AvgIpc) is 3.98. The lowest BCUT2D eigenvalue weighted by atomic mass is 9.63. The van der Waals surface area contributed by atoms with Crippen molar-refractivity contribution in [1.82, 2.24) is 4.98 Å². The number of esters is 1. The summed E-state index contributed by atoms with van der Waals surface area (Å²) in [6.45, 7) is 3.99. The minimum atomic E-state index is -1.06. The van der Waals surface area contributed by atoms with Gasteiger partial charge in [0.1, 0.15) is 12.4 Å². The van der Waals surface area contributed by atoms with Crippen molar-refractivity contribution in [1.29, 1.82) is 0 Å². The fraction of sp³-hybridized carbons (Fsp3) is 0.267. The number of benzene rings is 4. The van der Waals surface area contributed by atoms with Gasteiger partial charge in [-0.2, -0.15) is 0 Å². The number of hydrogen-bond acceptors (Lipinski definition) is 7. The Morgan fingerprint density at radius 2 is 1.54 bits per heavy atom. The van der Waals surface area contributed by atoms with Gasteiger partial charge in [-0.05, 0) is 109 Å². The zero-order valence-corrected chi connectivity index (χ0v) is 31.4. The first-order chi connectivity index (χ1) is 26.2. The smallest absolute Gasteiger partial charge is 0.339 e. The number of allylic oxidation sites excluding steroid dienone is 2. The first-order valence-corrected chi connectivity index (χ1v) is 19.3. The maximum atomic E-state index is 14.0. The van der Waals surface area contributed by atoms with Crippen LogP contribution in [0.5, 0.6) is 5.75 Å². The summed E-state index contributed by atoms with van der Waals surface area (Å²) in [5.74, 6) is 0.254. The third-order valence-electron chi connectivity index (χ3n) is 11.7. The monoisotopic (exact) mass is 780 g/mol. The van der Waals surface area contributed by atoms with E-state index in [-0.39, 0.29) is 46.8 Å². The molecule has 1 saturated heterocycles. The van der Waals surface area contributed by atoms with Crippen LogP contribution in [0.2, 0.25) is 0 Å². The van der Waals surface area contributed by atoms with Gasteiger partial charge in [0, 0.05) is 21.0 Å². The second-order valence-corrected chi connectivity index (χ2v) is 15.7. The maximum Gasteiger partial charge on any atom is 0.339 e. The van der Waals surface area contributed by atoms with E-state index in [4.69, 9.17) is 14.5 Å². The molecule has 9 heteroatoms. The molecule has 1 aliphatic heterocycles. The van der Waals surface area contributed by atoms with Crippen molar-refractivity contribution >= 4 is 56.1 Å². The molecule has 2 saturated carbocycles. The van der Waals surface area contributed by atoms with Gasteiger partial charge in [0.2, 0.25) is 17.6 Å². The predicted molar refractivity (Wildman–Crippen MR) is 208 cm³/mol. The molecule has 0 spiro atoms. The third kappa shape index (κ3) is 5.86. The van der Waals surface area contributed by atoms with Crippen LogP contribution in [0, 0.1) is 35.5 Å². The summed E-state index contributed by atoms with van der Waals surface area (Å²) in [6, 6.07) is 29.3. The fourth-order valence-corrected chi connectivity index (χ4v) is 9.41. The summed E-state index contributed by atoms with van der Waals surface area (Å²) in [6.07, 6.45) is 5.07. The number of imide groups is 1. The van der Waals surface area contributed by atoms with E-state index in [1.165, 1.54) is 4.90 Å². The second kappa shape index (κ2) is 13.5. The van der Waals surface area contributed by atoms with Gasteiger partial charge in [0.25, 0.3) is 0 Å². The molecule has 2 bridgehead atoms. The van der Waals surface area contributed by atoms with Crippen molar-refractivity contribution in [2.45, 2.75) is 39.4 Å². The van der Waals surface area contributed by atoms with Crippen LogP contribution in [-0.4, -0.2) is 34.7 Å². The number of carbonyl (C=O) groups is 4. The molecule has 8 nitrogen and oxygen atoms in total. The minimum Gasteiger partial charge on any atom is -0.489 e. The summed E-state index contributed by atoms with van der Waals surface area (Å²) in [7, 11) is 0. The number of nitrogens with zero attached hydrogens (tertiary/aromatic N) is 2. The van der Waals surface area contributed by atoms with Gasteiger partial charge in [-0.3, -0.25) is 19.3 Å². The number of aryl methyl sites for hydroxylation is 1. The molecular weight excluding hydrogens is 744 g/mol. The highest BCUT2D eigenvalue weighted by Gasteiger charge is 2.67. The number of Topliss-reactive ketones (excluding diaryl/α,β-unsaturated/α-hetero) is 1. The first-order valence-electron chi connectivity index (χ1n) is 18.5. The summed E-state index contributed by atoms with van der Waals surface area (Å²) >= 11 is 3.59. The number of fused-ring (bicyclic) bond motifs is 1. The lowest BCUT2D eigenvalue weighted by Crippen LogP contribution is -2.40. The van der Waals surface area contributed by atoms with Crippen molar-refractivity contribution < 1.29 is 28.7 Å². The van der Waals surface area contributed by atoms with Gasteiger partial charge in [-0.1, -0.05) is 77.5 Å². The Bertz CT molecular complexity index is 2340. The van der Waals surface area contributed by atoms with E-state index < -0.39 is 12.1 Å². The van der Waals surface area contributed by atoms with Crippen molar-refractivity contribution in [2.75, 3.05) is 4.90 Å². The van der Waals surface area contributed by atoms with Gasteiger partial charge in [-0.15, -0.1) is 0 Å². The number of pyridine rings is 1. The Morgan fingerprint density at radius 1 is 0.870 bits per heavy atom. The van der Waals surface area contributed by atoms with E-state index in [0.717, 1.165) is 22.0 Å². The molecule has 4 aliphatic carbocycles. The summed E-state index contributed by atoms with van der Waals surface area (Å²) in [5, 5.41) is 0.600. The lowest BCUT2D eigenvalue weighted by Gasteiger charge is -2.37. The fourth-order valence-electron chi connectivity index (χ4n) is 8.91.